The van der Waals surface area contributed by atoms with Crippen molar-refractivity contribution in [3.63, 3.8) is 0 Å². The van der Waals surface area contributed by atoms with Gasteiger partial charge in [0.05, 0.1) is 5.54 Å². The van der Waals surface area contributed by atoms with Gasteiger partial charge in [0.1, 0.15) is 0 Å². The summed E-state index contributed by atoms with van der Waals surface area (Å²) in [6, 6.07) is 9.60. The first kappa shape index (κ1) is 9.85. The smallest absolute Gasteiger partial charge is 0.254 e. The molecule has 0 unspecified atom stereocenters. The van der Waals surface area contributed by atoms with E-state index in [1.54, 1.807) is 0 Å². The van der Waals surface area contributed by atoms with E-state index in [1.807, 2.05) is 30.3 Å². The number of benzene rings is 1. The summed E-state index contributed by atoms with van der Waals surface area (Å²) in [4.78, 5) is 14.4. The maximum Gasteiger partial charge on any atom is 0.254 e. The number of piperazine rings is 1. The first-order valence-corrected chi connectivity index (χ1v) is 5.90. The van der Waals surface area contributed by atoms with E-state index in [0.29, 0.717) is 0 Å². The van der Waals surface area contributed by atoms with E-state index in [0.717, 1.165) is 38.0 Å². The summed E-state index contributed by atoms with van der Waals surface area (Å²) < 4.78 is 0. The van der Waals surface area contributed by atoms with Gasteiger partial charge in [0.25, 0.3) is 5.91 Å². The van der Waals surface area contributed by atoms with Crippen molar-refractivity contribution in [1.82, 2.24) is 10.2 Å². The third kappa shape index (κ3) is 1.52. The van der Waals surface area contributed by atoms with Crippen molar-refractivity contribution >= 4 is 5.91 Å². The van der Waals surface area contributed by atoms with E-state index in [2.05, 4.69) is 10.2 Å². The molecule has 3 heteroatoms. The molecule has 1 aliphatic carbocycles. The Morgan fingerprint density at radius 2 is 2.00 bits per heavy atom. The lowest BCUT2D eigenvalue weighted by Gasteiger charge is -2.36. The highest BCUT2D eigenvalue weighted by Crippen LogP contribution is 2.42. The van der Waals surface area contributed by atoms with E-state index in [4.69, 9.17) is 0 Å². The fraction of sp³-hybridized carbons (Fsp3) is 0.462. The van der Waals surface area contributed by atoms with Crippen LogP contribution in [0.2, 0.25) is 0 Å². The van der Waals surface area contributed by atoms with Crippen molar-refractivity contribution in [3.8, 4) is 0 Å². The van der Waals surface area contributed by atoms with Gasteiger partial charge in [-0.25, -0.2) is 0 Å². The average Bonchev–Trinajstić information content (AvgIpc) is 3.10. The number of carbonyl (C=O) groups excluding carboxylic acids is 1. The van der Waals surface area contributed by atoms with Crippen molar-refractivity contribution in [2.75, 3.05) is 19.6 Å². The summed E-state index contributed by atoms with van der Waals surface area (Å²) in [5.41, 5.74) is 0.959. The molecule has 0 atom stereocenters. The number of nitrogens with zero attached hydrogens (tertiary/aromatic N) is 1. The number of rotatable bonds is 1. The number of carbonyl (C=O) groups is 1. The molecule has 0 aromatic heterocycles. The molecule has 1 aromatic rings. The van der Waals surface area contributed by atoms with Crippen molar-refractivity contribution in [1.29, 1.82) is 0 Å². The fourth-order valence-electron chi connectivity index (χ4n) is 2.49. The zero-order valence-corrected chi connectivity index (χ0v) is 9.28. The molecule has 1 saturated carbocycles. The molecule has 0 radical (unpaired) electrons. The highest BCUT2D eigenvalue weighted by Gasteiger charge is 2.51. The molecule has 16 heavy (non-hydrogen) atoms. The van der Waals surface area contributed by atoms with Crippen LogP contribution in [-0.4, -0.2) is 36.0 Å². The van der Waals surface area contributed by atoms with Gasteiger partial charge < -0.3 is 10.2 Å². The minimum absolute atomic E-state index is 0.144. The van der Waals surface area contributed by atoms with Crippen molar-refractivity contribution in [3.05, 3.63) is 35.9 Å². The summed E-state index contributed by atoms with van der Waals surface area (Å²) in [5, 5.41) is 3.38. The van der Waals surface area contributed by atoms with Gasteiger partial charge in [-0.2, -0.15) is 0 Å². The summed E-state index contributed by atoms with van der Waals surface area (Å²) in [7, 11) is 0. The second-order valence-electron chi connectivity index (χ2n) is 4.72. The predicted molar refractivity (Wildman–Crippen MR) is 62.3 cm³/mol. The predicted octanol–water partition coefficient (Wildman–Crippen LogP) is 1.26. The number of hydrogen-bond acceptors (Lipinski definition) is 2. The molecule has 3 rings (SSSR count). The van der Waals surface area contributed by atoms with Gasteiger partial charge in [0, 0.05) is 25.2 Å². The van der Waals surface area contributed by atoms with Crippen molar-refractivity contribution in [2.45, 2.75) is 18.4 Å². The largest absolute Gasteiger partial charge is 0.330 e. The Bertz CT molecular complexity index is 398. The lowest BCUT2D eigenvalue weighted by atomic mass is 10.1. The van der Waals surface area contributed by atoms with Crippen LogP contribution in [0, 0.1) is 0 Å². The first-order chi connectivity index (χ1) is 7.82. The van der Waals surface area contributed by atoms with Gasteiger partial charge in [-0.15, -0.1) is 0 Å². The van der Waals surface area contributed by atoms with Crippen LogP contribution >= 0.6 is 0 Å². The molecule has 1 amide bonds. The number of amides is 1. The quantitative estimate of drug-likeness (QED) is 0.766. The summed E-state index contributed by atoms with van der Waals surface area (Å²) in [6.07, 6.45) is 2.30. The monoisotopic (exact) mass is 216 g/mol. The zero-order chi connectivity index (χ0) is 11.0. The van der Waals surface area contributed by atoms with Gasteiger partial charge in [0.2, 0.25) is 0 Å². The Morgan fingerprint density at radius 3 is 2.69 bits per heavy atom. The third-order valence-corrected chi connectivity index (χ3v) is 3.63. The van der Waals surface area contributed by atoms with E-state index in [-0.39, 0.29) is 11.4 Å². The third-order valence-electron chi connectivity index (χ3n) is 3.63. The average molecular weight is 216 g/mol. The highest BCUT2D eigenvalue weighted by molar-refractivity contribution is 5.95. The second-order valence-corrected chi connectivity index (χ2v) is 4.72. The fourth-order valence-corrected chi connectivity index (χ4v) is 2.49. The Morgan fingerprint density at radius 1 is 1.25 bits per heavy atom. The van der Waals surface area contributed by atoms with Crippen molar-refractivity contribution < 1.29 is 4.79 Å². The molecular formula is C13H16N2O. The highest BCUT2D eigenvalue weighted by atomic mass is 16.2. The molecule has 0 bridgehead atoms. The number of nitrogens with one attached hydrogen (secondary N) is 1. The van der Waals surface area contributed by atoms with E-state index in [9.17, 15) is 4.79 Å². The van der Waals surface area contributed by atoms with Gasteiger partial charge in [-0.1, -0.05) is 18.2 Å². The van der Waals surface area contributed by atoms with Crippen LogP contribution in [-0.2, 0) is 0 Å². The topological polar surface area (TPSA) is 32.3 Å². The van der Waals surface area contributed by atoms with Crippen LogP contribution in [0.15, 0.2) is 30.3 Å². The summed E-state index contributed by atoms with van der Waals surface area (Å²) >= 11 is 0. The lowest BCUT2D eigenvalue weighted by molar-refractivity contribution is 0.0600. The van der Waals surface area contributed by atoms with Crippen LogP contribution in [0.5, 0.6) is 0 Å². The Balaban J connectivity index is 1.84. The summed E-state index contributed by atoms with van der Waals surface area (Å²) in [5.74, 6) is 0.194. The zero-order valence-electron chi connectivity index (χ0n) is 9.28. The molecule has 1 aliphatic heterocycles. The van der Waals surface area contributed by atoms with Crippen molar-refractivity contribution in [2.24, 2.45) is 0 Å². The van der Waals surface area contributed by atoms with Gasteiger partial charge in [0.15, 0.2) is 0 Å². The van der Waals surface area contributed by atoms with E-state index in [1.165, 1.54) is 0 Å². The molecule has 1 spiro atoms. The first-order valence-electron chi connectivity index (χ1n) is 5.90. The molecule has 1 heterocycles. The van der Waals surface area contributed by atoms with Gasteiger partial charge in [-0.3, -0.25) is 4.79 Å². The standard InChI is InChI=1S/C13H16N2O/c16-12(11-4-2-1-3-5-11)15-9-8-14-10-13(15)6-7-13/h1-5,14H,6-10H2. The Labute approximate surface area is 95.4 Å². The normalized spacial score (nSPS) is 22.1. The molecule has 3 nitrogen and oxygen atoms in total. The molecule has 2 fully saturated rings. The molecule has 1 aromatic carbocycles. The van der Waals surface area contributed by atoms with Gasteiger partial charge in [-0.05, 0) is 25.0 Å². The van der Waals surface area contributed by atoms with Crippen LogP contribution in [0.1, 0.15) is 23.2 Å². The molecule has 1 saturated heterocycles. The van der Waals surface area contributed by atoms with E-state index < -0.39 is 0 Å². The molecule has 84 valence electrons. The molecule has 2 aliphatic rings. The summed E-state index contributed by atoms with van der Waals surface area (Å²) in [6.45, 7) is 2.72. The molecular weight excluding hydrogens is 200 g/mol. The van der Waals surface area contributed by atoms with Crippen LogP contribution < -0.4 is 5.32 Å². The lowest BCUT2D eigenvalue weighted by Crippen LogP contribution is -2.55. The van der Waals surface area contributed by atoms with Crippen LogP contribution in [0.4, 0.5) is 0 Å². The Hall–Kier alpha value is -1.35. The SMILES string of the molecule is O=C(c1ccccc1)N1CCNCC12CC2. The van der Waals surface area contributed by atoms with E-state index >= 15 is 0 Å². The maximum absolute atomic E-state index is 12.4. The van der Waals surface area contributed by atoms with Crippen LogP contribution in [0.25, 0.3) is 0 Å². The minimum Gasteiger partial charge on any atom is -0.330 e. The number of hydrogen-bond donors (Lipinski definition) is 1. The maximum atomic E-state index is 12.4. The Kier molecular flexibility index (Phi) is 2.21. The second kappa shape index (κ2) is 3.59. The minimum atomic E-state index is 0.144. The van der Waals surface area contributed by atoms with Crippen LogP contribution in [0.3, 0.4) is 0 Å². The molecule has 1 N–H and O–H groups in total. The van der Waals surface area contributed by atoms with Gasteiger partial charge >= 0.3 is 0 Å².